The number of rotatable bonds is 3. The van der Waals surface area contributed by atoms with Crippen LogP contribution in [-0.4, -0.2) is 55.2 Å². The summed E-state index contributed by atoms with van der Waals surface area (Å²) >= 11 is 6.35. The first-order valence-electron chi connectivity index (χ1n) is 9.33. The Hall–Kier alpha value is -1.36. The molecule has 1 aromatic carbocycles. The molecule has 2 fully saturated rings. The number of likely N-dealkylation sites (N-methyl/N-ethyl adjacent to an activating group) is 1. The van der Waals surface area contributed by atoms with E-state index in [2.05, 4.69) is 46.2 Å². The molecule has 25 heavy (non-hydrogen) atoms. The van der Waals surface area contributed by atoms with Gasteiger partial charge in [-0.05, 0) is 56.6 Å². The van der Waals surface area contributed by atoms with Gasteiger partial charge in [0.15, 0.2) is 0 Å². The number of nitrogens with zero attached hydrogens (tertiary/aromatic N) is 3. The summed E-state index contributed by atoms with van der Waals surface area (Å²) in [5, 5.41) is 5.80. The second-order valence-electron chi connectivity index (χ2n) is 7.82. The number of fused-ring (bicyclic) bond motifs is 1. The van der Waals surface area contributed by atoms with Crippen molar-refractivity contribution in [3.05, 3.63) is 35.5 Å². The molecule has 0 aliphatic carbocycles. The van der Waals surface area contributed by atoms with Crippen LogP contribution in [0, 0.1) is 5.92 Å². The predicted molar refractivity (Wildman–Crippen MR) is 106 cm³/mol. The molecule has 3 heterocycles. The molecule has 5 heteroatoms. The number of piperidine rings is 1. The lowest BCUT2D eigenvalue weighted by Crippen LogP contribution is -2.52. The monoisotopic (exact) mass is 358 g/mol. The van der Waals surface area contributed by atoms with E-state index < -0.39 is 0 Å². The van der Waals surface area contributed by atoms with E-state index in [4.69, 9.17) is 11.6 Å². The molecule has 2 aromatic rings. The molecule has 4 rings (SSSR count). The summed E-state index contributed by atoms with van der Waals surface area (Å²) in [4.78, 5) is 9.42. The van der Waals surface area contributed by atoms with Crippen molar-refractivity contribution in [3.8, 4) is 0 Å². The maximum absolute atomic E-state index is 6.35. The summed E-state index contributed by atoms with van der Waals surface area (Å²) in [6.07, 6.45) is 4.33. The van der Waals surface area contributed by atoms with E-state index in [1.54, 1.807) is 0 Å². The third-order valence-electron chi connectivity index (χ3n) is 5.56. The fraction of sp³-hybridized carbons (Fsp3) is 0.550. The second kappa shape index (κ2) is 7.10. The van der Waals surface area contributed by atoms with Crippen LogP contribution in [0.1, 0.15) is 19.8 Å². The molecule has 4 nitrogen and oxygen atoms in total. The van der Waals surface area contributed by atoms with E-state index in [0.29, 0.717) is 18.0 Å². The summed E-state index contributed by atoms with van der Waals surface area (Å²) in [5.74, 6) is 0.674. The van der Waals surface area contributed by atoms with Gasteiger partial charge in [-0.1, -0.05) is 18.5 Å². The topological polar surface area (TPSA) is 31.4 Å². The summed E-state index contributed by atoms with van der Waals surface area (Å²) in [7, 11) is 2.21. The van der Waals surface area contributed by atoms with Crippen molar-refractivity contribution in [2.24, 2.45) is 5.92 Å². The zero-order valence-electron chi connectivity index (χ0n) is 15.1. The SMILES string of the molecule is C[C@H]1C[C@@H](NC2CCN(C)C2)CN(c2ccc(Cl)c3ncccc23)C1. The third-order valence-corrected chi connectivity index (χ3v) is 5.87. The minimum absolute atomic E-state index is 0.544. The van der Waals surface area contributed by atoms with Crippen LogP contribution in [0.5, 0.6) is 0 Å². The Labute approximate surface area is 155 Å². The van der Waals surface area contributed by atoms with E-state index in [9.17, 15) is 0 Å². The number of halogens is 1. The molecule has 0 spiro atoms. The highest BCUT2D eigenvalue weighted by atomic mass is 35.5. The average Bonchev–Trinajstić information content (AvgIpc) is 3.00. The van der Waals surface area contributed by atoms with Crippen LogP contribution < -0.4 is 10.2 Å². The molecule has 1 N–H and O–H groups in total. The maximum Gasteiger partial charge on any atom is 0.0908 e. The fourth-order valence-corrected chi connectivity index (χ4v) is 4.69. The lowest BCUT2D eigenvalue weighted by molar-refractivity contribution is 0.317. The normalized spacial score (nSPS) is 28.0. The molecule has 0 bridgehead atoms. The highest BCUT2D eigenvalue weighted by Crippen LogP contribution is 2.33. The number of anilines is 1. The fourth-order valence-electron chi connectivity index (χ4n) is 4.47. The quantitative estimate of drug-likeness (QED) is 0.911. The van der Waals surface area contributed by atoms with Crippen LogP contribution in [0.3, 0.4) is 0 Å². The Morgan fingerprint density at radius 3 is 2.84 bits per heavy atom. The van der Waals surface area contributed by atoms with Crippen molar-refractivity contribution in [1.82, 2.24) is 15.2 Å². The summed E-state index contributed by atoms with van der Waals surface area (Å²) in [5.41, 5.74) is 2.16. The highest BCUT2D eigenvalue weighted by molar-refractivity contribution is 6.35. The summed E-state index contributed by atoms with van der Waals surface area (Å²) < 4.78 is 0. The Kier molecular flexibility index (Phi) is 4.85. The first-order valence-corrected chi connectivity index (χ1v) is 9.70. The van der Waals surface area contributed by atoms with Crippen molar-refractivity contribution in [1.29, 1.82) is 0 Å². The predicted octanol–water partition coefficient (Wildman–Crippen LogP) is 3.40. The van der Waals surface area contributed by atoms with E-state index >= 15 is 0 Å². The van der Waals surface area contributed by atoms with Crippen molar-refractivity contribution < 1.29 is 0 Å². The number of likely N-dealkylation sites (tertiary alicyclic amines) is 1. The second-order valence-corrected chi connectivity index (χ2v) is 8.23. The molecule has 2 saturated heterocycles. The van der Waals surface area contributed by atoms with E-state index in [0.717, 1.165) is 29.0 Å². The lowest BCUT2D eigenvalue weighted by atomic mass is 9.94. The zero-order valence-corrected chi connectivity index (χ0v) is 15.8. The summed E-state index contributed by atoms with van der Waals surface area (Å²) in [6, 6.07) is 9.45. The van der Waals surface area contributed by atoms with Gasteiger partial charge in [-0.2, -0.15) is 0 Å². The van der Waals surface area contributed by atoms with Gasteiger partial charge in [-0.25, -0.2) is 0 Å². The molecule has 134 valence electrons. The van der Waals surface area contributed by atoms with Crippen molar-refractivity contribution >= 4 is 28.2 Å². The molecule has 1 unspecified atom stereocenters. The molecule has 0 saturated carbocycles. The molecular formula is C20H27ClN4. The number of hydrogen-bond acceptors (Lipinski definition) is 4. The van der Waals surface area contributed by atoms with Gasteiger partial charge in [-0.15, -0.1) is 0 Å². The van der Waals surface area contributed by atoms with Crippen LogP contribution in [0.15, 0.2) is 30.5 Å². The molecule has 0 radical (unpaired) electrons. The first kappa shape index (κ1) is 17.1. The number of pyridine rings is 1. The van der Waals surface area contributed by atoms with Gasteiger partial charge < -0.3 is 15.1 Å². The Bertz CT molecular complexity index is 750. The molecule has 1 aromatic heterocycles. The number of nitrogens with one attached hydrogen (secondary N) is 1. The van der Waals surface area contributed by atoms with Crippen molar-refractivity contribution in [2.45, 2.75) is 31.8 Å². The van der Waals surface area contributed by atoms with Gasteiger partial charge in [0.1, 0.15) is 0 Å². The average molecular weight is 359 g/mol. The zero-order chi connectivity index (χ0) is 17.4. The van der Waals surface area contributed by atoms with Gasteiger partial charge in [0, 0.05) is 49.0 Å². The Balaban J connectivity index is 1.57. The smallest absolute Gasteiger partial charge is 0.0908 e. The Morgan fingerprint density at radius 1 is 1.16 bits per heavy atom. The Morgan fingerprint density at radius 2 is 2.04 bits per heavy atom. The van der Waals surface area contributed by atoms with Crippen molar-refractivity contribution in [3.63, 3.8) is 0 Å². The largest absolute Gasteiger partial charge is 0.369 e. The summed E-state index contributed by atoms with van der Waals surface area (Å²) in [6.45, 7) is 6.87. The molecular weight excluding hydrogens is 332 g/mol. The number of benzene rings is 1. The number of aromatic nitrogens is 1. The third kappa shape index (κ3) is 3.62. The van der Waals surface area contributed by atoms with E-state index in [1.165, 1.54) is 31.6 Å². The number of hydrogen-bond donors (Lipinski definition) is 1. The van der Waals surface area contributed by atoms with Gasteiger partial charge in [0.05, 0.1) is 10.5 Å². The molecule has 0 amide bonds. The maximum atomic E-state index is 6.35. The molecule has 2 aliphatic rings. The first-order chi connectivity index (χ1) is 12.1. The van der Waals surface area contributed by atoms with Crippen LogP contribution in [0.2, 0.25) is 5.02 Å². The van der Waals surface area contributed by atoms with Crippen molar-refractivity contribution in [2.75, 3.05) is 38.1 Å². The van der Waals surface area contributed by atoms with Crippen LogP contribution in [0.4, 0.5) is 5.69 Å². The lowest BCUT2D eigenvalue weighted by Gasteiger charge is -2.40. The van der Waals surface area contributed by atoms with Gasteiger partial charge >= 0.3 is 0 Å². The van der Waals surface area contributed by atoms with Crippen LogP contribution in [-0.2, 0) is 0 Å². The van der Waals surface area contributed by atoms with Gasteiger partial charge in [-0.3, -0.25) is 4.98 Å². The molecule has 3 atom stereocenters. The van der Waals surface area contributed by atoms with Crippen LogP contribution in [0.25, 0.3) is 10.9 Å². The minimum Gasteiger partial charge on any atom is -0.369 e. The van der Waals surface area contributed by atoms with Gasteiger partial charge in [0.25, 0.3) is 0 Å². The highest BCUT2D eigenvalue weighted by Gasteiger charge is 2.29. The minimum atomic E-state index is 0.544. The van der Waals surface area contributed by atoms with E-state index in [1.807, 2.05) is 18.3 Å². The van der Waals surface area contributed by atoms with Gasteiger partial charge in [0.2, 0.25) is 0 Å². The molecule has 2 aliphatic heterocycles. The standard InChI is InChI=1S/C20H27ClN4/c1-14-10-16(23-15-7-9-24(2)12-15)13-25(11-14)19-6-5-18(21)20-17(19)4-3-8-22-20/h3-6,8,14-16,23H,7,9-13H2,1-2H3/t14-,15?,16+/m0/s1. The van der Waals surface area contributed by atoms with Crippen LogP contribution >= 0.6 is 11.6 Å². The van der Waals surface area contributed by atoms with E-state index in [-0.39, 0.29) is 0 Å².